The molecular formula is C11H24N2O. The number of hydrogen-bond donors (Lipinski definition) is 2. The Morgan fingerprint density at radius 2 is 1.57 bits per heavy atom. The predicted molar refractivity (Wildman–Crippen MR) is 59.8 cm³/mol. The van der Waals surface area contributed by atoms with Crippen LogP contribution in [0.5, 0.6) is 0 Å². The minimum atomic E-state index is -0.407. The number of carbonyl (C=O) groups is 1. The van der Waals surface area contributed by atoms with Gasteiger partial charge < -0.3 is 11.1 Å². The van der Waals surface area contributed by atoms with Gasteiger partial charge in [-0.15, -0.1) is 0 Å². The van der Waals surface area contributed by atoms with E-state index in [4.69, 9.17) is 5.73 Å². The normalized spacial score (nSPS) is 13.8. The van der Waals surface area contributed by atoms with Crippen LogP contribution in [0.4, 0.5) is 0 Å². The molecule has 14 heavy (non-hydrogen) atoms. The Morgan fingerprint density at radius 1 is 1.14 bits per heavy atom. The largest absolute Gasteiger partial charge is 0.354 e. The Kier molecular flexibility index (Phi) is 5.77. The van der Waals surface area contributed by atoms with Gasteiger partial charge in [0.1, 0.15) is 0 Å². The fourth-order valence-electron chi connectivity index (χ4n) is 1.62. The summed E-state index contributed by atoms with van der Waals surface area (Å²) in [5.74, 6) is 1.64. The molecule has 0 aliphatic rings. The fraction of sp³-hybridized carbons (Fsp3) is 0.909. The van der Waals surface area contributed by atoms with Crippen molar-refractivity contribution < 1.29 is 4.79 Å². The summed E-state index contributed by atoms with van der Waals surface area (Å²) in [5.41, 5.74) is 5.46. The van der Waals surface area contributed by atoms with Crippen LogP contribution in [0.1, 0.15) is 34.6 Å². The molecule has 0 aliphatic carbocycles. The highest BCUT2D eigenvalue weighted by molar-refractivity contribution is 5.80. The molecule has 84 valence electrons. The van der Waals surface area contributed by atoms with E-state index in [-0.39, 0.29) is 5.91 Å². The minimum Gasteiger partial charge on any atom is -0.354 e. The van der Waals surface area contributed by atoms with Gasteiger partial charge in [-0.3, -0.25) is 4.79 Å². The smallest absolute Gasteiger partial charge is 0.236 e. The first-order chi connectivity index (χ1) is 6.36. The Labute approximate surface area is 87.4 Å². The van der Waals surface area contributed by atoms with Crippen LogP contribution in [0.3, 0.4) is 0 Å². The number of nitrogens with one attached hydrogen (secondary N) is 1. The number of nitrogens with two attached hydrogens (primary N) is 1. The van der Waals surface area contributed by atoms with Gasteiger partial charge in [0.05, 0.1) is 6.04 Å². The van der Waals surface area contributed by atoms with Gasteiger partial charge in [0.2, 0.25) is 5.91 Å². The van der Waals surface area contributed by atoms with Crippen molar-refractivity contribution in [3.8, 4) is 0 Å². The van der Waals surface area contributed by atoms with Crippen molar-refractivity contribution in [2.24, 2.45) is 23.5 Å². The lowest BCUT2D eigenvalue weighted by molar-refractivity contribution is -0.122. The molecule has 0 aliphatic heterocycles. The zero-order chi connectivity index (χ0) is 11.3. The van der Waals surface area contributed by atoms with Crippen molar-refractivity contribution in [2.75, 3.05) is 6.54 Å². The van der Waals surface area contributed by atoms with Gasteiger partial charge >= 0.3 is 0 Å². The van der Waals surface area contributed by atoms with Crippen molar-refractivity contribution in [3.63, 3.8) is 0 Å². The van der Waals surface area contributed by atoms with E-state index in [9.17, 15) is 4.79 Å². The third-order valence-electron chi connectivity index (χ3n) is 2.64. The Hall–Kier alpha value is -0.570. The number of carbonyl (C=O) groups excluding carboxylic acids is 1. The molecule has 0 rings (SSSR count). The topological polar surface area (TPSA) is 55.1 Å². The summed E-state index contributed by atoms with van der Waals surface area (Å²) in [5, 5.41) is 2.88. The second-order valence-electron chi connectivity index (χ2n) is 4.69. The maximum Gasteiger partial charge on any atom is 0.236 e. The molecule has 0 saturated heterocycles. The average molecular weight is 200 g/mol. The van der Waals surface area contributed by atoms with Crippen LogP contribution in [-0.2, 0) is 4.79 Å². The minimum absolute atomic E-state index is 0.0590. The Morgan fingerprint density at radius 3 is 1.86 bits per heavy atom. The number of amides is 1. The van der Waals surface area contributed by atoms with Crippen molar-refractivity contribution in [3.05, 3.63) is 0 Å². The van der Waals surface area contributed by atoms with E-state index in [2.05, 4.69) is 33.0 Å². The highest BCUT2D eigenvalue weighted by atomic mass is 16.2. The molecule has 1 unspecified atom stereocenters. The second kappa shape index (κ2) is 6.02. The maximum absolute atomic E-state index is 11.3. The quantitative estimate of drug-likeness (QED) is 0.704. The molecule has 0 spiro atoms. The van der Waals surface area contributed by atoms with Crippen LogP contribution in [-0.4, -0.2) is 18.5 Å². The Balaban J connectivity index is 4.01. The molecule has 3 heteroatoms. The molecule has 0 saturated carbocycles. The van der Waals surface area contributed by atoms with E-state index >= 15 is 0 Å². The van der Waals surface area contributed by atoms with Crippen molar-refractivity contribution in [2.45, 2.75) is 40.7 Å². The molecule has 0 heterocycles. The van der Waals surface area contributed by atoms with Crippen LogP contribution >= 0.6 is 0 Å². The van der Waals surface area contributed by atoms with Crippen molar-refractivity contribution in [1.82, 2.24) is 5.32 Å². The van der Waals surface area contributed by atoms with Crippen LogP contribution in [0.15, 0.2) is 0 Å². The third-order valence-corrected chi connectivity index (χ3v) is 2.64. The van der Waals surface area contributed by atoms with Gasteiger partial charge in [0, 0.05) is 6.54 Å². The van der Waals surface area contributed by atoms with Gasteiger partial charge in [-0.25, -0.2) is 0 Å². The lowest BCUT2D eigenvalue weighted by Crippen LogP contribution is -2.42. The predicted octanol–water partition coefficient (Wildman–Crippen LogP) is 1.38. The molecule has 0 fully saturated rings. The summed E-state index contributed by atoms with van der Waals surface area (Å²) in [6, 6.07) is -0.407. The van der Waals surface area contributed by atoms with E-state index in [1.807, 2.05) is 0 Å². The van der Waals surface area contributed by atoms with E-state index < -0.39 is 6.04 Å². The summed E-state index contributed by atoms with van der Waals surface area (Å²) in [6.07, 6.45) is 0. The first-order valence-electron chi connectivity index (χ1n) is 5.39. The molecule has 0 aromatic heterocycles. The molecule has 0 radical (unpaired) electrons. The van der Waals surface area contributed by atoms with E-state index in [1.54, 1.807) is 6.92 Å². The van der Waals surface area contributed by atoms with E-state index in [0.29, 0.717) is 17.8 Å². The fourth-order valence-corrected chi connectivity index (χ4v) is 1.62. The lowest BCUT2D eigenvalue weighted by Gasteiger charge is -2.25. The van der Waals surface area contributed by atoms with Crippen LogP contribution < -0.4 is 11.1 Å². The van der Waals surface area contributed by atoms with E-state index in [1.165, 1.54) is 0 Å². The highest BCUT2D eigenvalue weighted by Crippen LogP contribution is 2.19. The molecule has 3 nitrogen and oxygen atoms in total. The molecular weight excluding hydrogens is 176 g/mol. The standard InChI is InChI=1S/C11H24N2O/c1-7(2)10(8(3)4)6-13-11(14)9(5)12/h7-10H,6,12H2,1-5H3,(H,13,14). The third kappa shape index (κ3) is 4.61. The lowest BCUT2D eigenvalue weighted by atomic mass is 9.85. The molecule has 1 amide bonds. The van der Waals surface area contributed by atoms with Crippen LogP contribution in [0, 0.1) is 17.8 Å². The number of rotatable bonds is 5. The summed E-state index contributed by atoms with van der Waals surface area (Å²) in [6.45, 7) is 11.2. The summed E-state index contributed by atoms with van der Waals surface area (Å²) in [4.78, 5) is 11.3. The maximum atomic E-state index is 11.3. The SMILES string of the molecule is CC(N)C(=O)NCC(C(C)C)C(C)C. The molecule has 0 bridgehead atoms. The molecule has 3 N–H and O–H groups in total. The average Bonchev–Trinajstić information content (AvgIpc) is 2.02. The summed E-state index contributed by atoms with van der Waals surface area (Å²) >= 11 is 0. The molecule has 0 aromatic rings. The van der Waals surface area contributed by atoms with Crippen LogP contribution in [0.2, 0.25) is 0 Å². The number of hydrogen-bond acceptors (Lipinski definition) is 2. The monoisotopic (exact) mass is 200 g/mol. The van der Waals surface area contributed by atoms with E-state index in [0.717, 1.165) is 6.54 Å². The summed E-state index contributed by atoms with van der Waals surface area (Å²) < 4.78 is 0. The Bertz CT molecular complexity index is 168. The zero-order valence-electron chi connectivity index (χ0n) is 10.0. The molecule has 1 atom stereocenters. The summed E-state index contributed by atoms with van der Waals surface area (Å²) in [7, 11) is 0. The van der Waals surface area contributed by atoms with Gasteiger partial charge in [-0.05, 0) is 24.7 Å². The first-order valence-corrected chi connectivity index (χ1v) is 5.39. The van der Waals surface area contributed by atoms with Gasteiger partial charge in [-0.2, -0.15) is 0 Å². The van der Waals surface area contributed by atoms with Gasteiger partial charge in [0.15, 0.2) is 0 Å². The first kappa shape index (κ1) is 13.4. The van der Waals surface area contributed by atoms with Gasteiger partial charge in [-0.1, -0.05) is 27.7 Å². The van der Waals surface area contributed by atoms with Crippen molar-refractivity contribution in [1.29, 1.82) is 0 Å². The highest BCUT2D eigenvalue weighted by Gasteiger charge is 2.18. The van der Waals surface area contributed by atoms with Gasteiger partial charge in [0.25, 0.3) is 0 Å². The molecule has 0 aromatic carbocycles. The van der Waals surface area contributed by atoms with Crippen LogP contribution in [0.25, 0.3) is 0 Å². The van der Waals surface area contributed by atoms with Crippen molar-refractivity contribution >= 4 is 5.91 Å². The second-order valence-corrected chi connectivity index (χ2v) is 4.69. The zero-order valence-corrected chi connectivity index (χ0v) is 10.0.